The Bertz CT molecular complexity index is 661. The van der Waals surface area contributed by atoms with Gasteiger partial charge in [0.1, 0.15) is 0 Å². The summed E-state index contributed by atoms with van der Waals surface area (Å²) in [5.41, 5.74) is 0.971. The van der Waals surface area contributed by atoms with Crippen LogP contribution in [0.15, 0.2) is 24.3 Å². The number of carbonyl (C=O) groups is 1. The van der Waals surface area contributed by atoms with Gasteiger partial charge in [-0.05, 0) is 43.9 Å². The Balaban J connectivity index is 1.97. The zero-order valence-electron chi connectivity index (χ0n) is 14.2. The molecular formula is C17H25ClN2O3S. The number of nitrogens with zero attached hydrogens (tertiary/aromatic N) is 1. The first-order valence-corrected chi connectivity index (χ1v) is 10.4. The third kappa shape index (κ3) is 4.94. The lowest BCUT2D eigenvalue weighted by Crippen LogP contribution is -2.46. The highest BCUT2D eigenvalue weighted by atomic mass is 35.5. The molecule has 1 saturated heterocycles. The fourth-order valence-corrected chi connectivity index (χ4v) is 4.68. The van der Waals surface area contributed by atoms with Crippen LogP contribution in [0.2, 0.25) is 5.02 Å². The van der Waals surface area contributed by atoms with E-state index < -0.39 is 10.0 Å². The quantitative estimate of drug-likeness (QED) is 0.834. The zero-order chi connectivity index (χ0) is 17.7. The van der Waals surface area contributed by atoms with Crippen molar-refractivity contribution in [2.75, 3.05) is 18.8 Å². The number of hydrogen-bond donors (Lipinski definition) is 1. The van der Waals surface area contributed by atoms with Gasteiger partial charge in [0.15, 0.2) is 0 Å². The lowest BCUT2D eigenvalue weighted by Gasteiger charge is -2.31. The summed E-state index contributed by atoms with van der Waals surface area (Å²) < 4.78 is 25.9. The first-order valence-electron chi connectivity index (χ1n) is 8.37. The molecule has 24 heavy (non-hydrogen) atoms. The smallest absolute Gasteiger partial charge is 0.224 e. The Morgan fingerprint density at radius 3 is 2.67 bits per heavy atom. The van der Waals surface area contributed by atoms with E-state index in [4.69, 9.17) is 11.6 Å². The van der Waals surface area contributed by atoms with Crippen LogP contribution in [0.4, 0.5) is 0 Å². The minimum atomic E-state index is -3.25. The molecule has 1 fully saturated rings. The lowest BCUT2D eigenvalue weighted by atomic mass is 9.98. The SMILES string of the molecule is CCCS(=O)(=O)N1CCCC(C(=O)NC(C)c2ccc(Cl)cc2)C1. The molecule has 1 heterocycles. The first-order chi connectivity index (χ1) is 11.3. The topological polar surface area (TPSA) is 66.5 Å². The van der Waals surface area contributed by atoms with Crippen LogP contribution in [0.5, 0.6) is 0 Å². The predicted molar refractivity (Wildman–Crippen MR) is 96.4 cm³/mol. The third-order valence-electron chi connectivity index (χ3n) is 4.34. The zero-order valence-corrected chi connectivity index (χ0v) is 15.7. The molecule has 2 atom stereocenters. The molecule has 7 heteroatoms. The van der Waals surface area contributed by atoms with Crippen LogP contribution in [0.1, 0.15) is 44.7 Å². The van der Waals surface area contributed by atoms with Gasteiger partial charge in [-0.3, -0.25) is 4.79 Å². The number of sulfonamides is 1. The minimum Gasteiger partial charge on any atom is -0.349 e. The summed E-state index contributed by atoms with van der Waals surface area (Å²) in [6, 6.07) is 7.20. The Morgan fingerprint density at radius 2 is 2.04 bits per heavy atom. The van der Waals surface area contributed by atoms with Crippen molar-refractivity contribution < 1.29 is 13.2 Å². The molecule has 1 aromatic carbocycles. The van der Waals surface area contributed by atoms with Crippen LogP contribution in [-0.2, 0) is 14.8 Å². The largest absolute Gasteiger partial charge is 0.349 e. The summed E-state index contributed by atoms with van der Waals surface area (Å²) in [6.07, 6.45) is 2.02. The maximum atomic E-state index is 12.5. The summed E-state index contributed by atoms with van der Waals surface area (Å²) in [7, 11) is -3.25. The van der Waals surface area contributed by atoms with E-state index in [2.05, 4.69) is 5.32 Å². The van der Waals surface area contributed by atoms with Crippen LogP contribution in [0.25, 0.3) is 0 Å². The minimum absolute atomic E-state index is 0.0890. The van der Waals surface area contributed by atoms with E-state index >= 15 is 0 Å². The van der Waals surface area contributed by atoms with Crippen LogP contribution >= 0.6 is 11.6 Å². The van der Waals surface area contributed by atoms with Gasteiger partial charge in [-0.15, -0.1) is 0 Å². The molecule has 1 aliphatic heterocycles. The number of carbonyl (C=O) groups excluding carboxylic acids is 1. The molecule has 0 saturated carbocycles. The van der Waals surface area contributed by atoms with E-state index in [-0.39, 0.29) is 30.2 Å². The Labute approximate surface area is 149 Å². The molecule has 0 spiro atoms. The maximum absolute atomic E-state index is 12.5. The molecule has 5 nitrogen and oxygen atoms in total. The van der Waals surface area contributed by atoms with Gasteiger partial charge in [-0.2, -0.15) is 0 Å². The van der Waals surface area contributed by atoms with Crippen LogP contribution in [0, 0.1) is 5.92 Å². The molecule has 0 aliphatic carbocycles. The summed E-state index contributed by atoms with van der Waals surface area (Å²) in [4.78, 5) is 12.5. The van der Waals surface area contributed by atoms with Crippen LogP contribution in [-0.4, -0.2) is 37.5 Å². The first kappa shape index (κ1) is 19.2. The molecule has 1 aliphatic rings. The van der Waals surface area contributed by atoms with Gasteiger partial charge < -0.3 is 5.32 Å². The molecule has 0 aromatic heterocycles. The standard InChI is InChI=1S/C17H25ClN2O3S/c1-3-11-24(22,23)20-10-4-5-15(12-20)17(21)19-13(2)14-6-8-16(18)9-7-14/h6-9,13,15H,3-5,10-12H2,1-2H3,(H,19,21). The van der Waals surface area contributed by atoms with Gasteiger partial charge in [-0.25, -0.2) is 12.7 Å². The average Bonchev–Trinajstić information content (AvgIpc) is 2.55. The fraction of sp³-hybridized carbons (Fsp3) is 0.588. The van der Waals surface area contributed by atoms with E-state index in [0.717, 1.165) is 18.4 Å². The maximum Gasteiger partial charge on any atom is 0.224 e. The van der Waals surface area contributed by atoms with Gasteiger partial charge in [0.05, 0.1) is 17.7 Å². The van der Waals surface area contributed by atoms with Crippen molar-refractivity contribution >= 4 is 27.5 Å². The normalized spacial score (nSPS) is 20.5. The van der Waals surface area contributed by atoms with Crippen molar-refractivity contribution in [2.45, 2.75) is 39.2 Å². The molecular weight excluding hydrogens is 348 g/mol. The van der Waals surface area contributed by atoms with E-state index in [1.54, 1.807) is 12.1 Å². The van der Waals surface area contributed by atoms with E-state index in [1.165, 1.54) is 4.31 Å². The van der Waals surface area contributed by atoms with Gasteiger partial charge in [-0.1, -0.05) is 30.7 Å². The number of nitrogens with one attached hydrogen (secondary N) is 1. The summed E-state index contributed by atoms with van der Waals surface area (Å²) in [5, 5.41) is 3.64. The second-order valence-corrected chi connectivity index (χ2v) is 8.82. The highest BCUT2D eigenvalue weighted by molar-refractivity contribution is 7.89. The van der Waals surface area contributed by atoms with Crippen molar-refractivity contribution in [1.82, 2.24) is 9.62 Å². The highest BCUT2D eigenvalue weighted by Gasteiger charge is 2.32. The van der Waals surface area contributed by atoms with Crippen LogP contribution < -0.4 is 5.32 Å². The average molecular weight is 373 g/mol. The fourth-order valence-electron chi connectivity index (χ4n) is 2.96. The number of benzene rings is 1. The number of amides is 1. The van der Waals surface area contributed by atoms with Crippen molar-refractivity contribution in [3.05, 3.63) is 34.9 Å². The highest BCUT2D eigenvalue weighted by Crippen LogP contribution is 2.22. The van der Waals surface area contributed by atoms with Gasteiger partial charge >= 0.3 is 0 Å². The number of rotatable bonds is 6. The molecule has 134 valence electrons. The van der Waals surface area contributed by atoms with E-state index in [1.807, 2.05) is 26.0 Å². The number of halogens is 1. The monoisotopic (exact) mass is 372 g/mol. The molecule has 1 N–H and O–H groups in total. The molecule has 0 bridgehead atoms. The van der Waals surface area contributed by atoms with Gasteiger partial charge in [0.25, 0.3) is 0 Å². The molecule has 2 unspecified atom stereocenters. The molecule has 1 amide bonds. The molecule has 0 radical (unpaired) electrons. The van der Waals surface area contributed by atoms with Crippen molar-refractivity contribution in [3.8, 4) is 0 Å². The van der Waals surface area contributed by atoms with Crippen molar-refractivity contribution in [3.63, 3.8) is 0 Å². The van der Waals surface area contributed by atoms with Gasteiger partial charge in [0, 0.05) is 18.1 Å². The van der Waals surface area contributed by atoms with Gasteiger partial charge in [0.2, 0.25) is 15.9 Å². The van der Waals surface area contributed by atoms with Crippen molar-refractivity contribution in [2.24, 2.45) is 5.92 Å². The predicted octanol–water partition coefficient (Wildman–Crippen LogP) is 2.97. The Hall–Kier alpha value is -1.11. The number of piperidine rings is 1. The second-order valence-electron chi connectivity index (χ2n) is 6.30. The van der Waals surface area contributed by atoms with Crippen LogP contribution in [0.3, 0.4) is 0 Å². The summed E-state index contributed by atoms with van der Waals surface area (Å²) in [6.45, 7) is 4.55. The number of hydrogen-bond acceptors (Lipinski definition) is 3. The Morgan fingerprint density at radius 1 is 1.38 bits per heavy atom. The van der Waals surface area contributed by atoms with Crippen molar-refractivity contribution in [1.29, 1.82) is 0 Å². The summed E-state index contributed by atoms with van der Waals surface area (Å²) >= 11 is 5.88. The lowest BCUT2D eigenvalue weighted by molar-refractivity contribution is -0.126. The Kier molecular flexibility index (Phi) is 6.66. The molecule has 2 rings (SSSR count). The summed E-state index contributed by atoms with van der Waals surface area (Å²) in [5.74, 6) is -0.239. The second kappa shape index (κ2) is 8.32. The van der Waals surface area contributed by atoms with E-state index in [9.17, 15) is 13.2 Å². The van der Waals surface area contributed by atoms with E-state index in [0.29, 0.717) is 18.0 Å². The third-order valence-corrected chi connectivity index (χ3v) is 6.63. The molecule has 1 aromatic rings.